The first-order valence-corrected chi connectivity index (χ1v) is 9.22. The highest BCUT2D eigenvalue weighted by atomic mass is 16.6. The van der Waals surface area contributed by atoms with Crippen LogP contribution in [0.4, 0.5) is 11.4 Å². The number of ether oxygens (including phenoxy) is 1. The number of hydrogen-bond donors (Lipinski definition) is 4. The van der Waals surface area contributed by atoms with E-state index in [9.17, 15) is 20.2 Å². The van der Waals surface area contributed by atoms with Gasteiger partial charge in [-0.05, 0) is 11.6 Å². The molecular formula is C20H16N6O4. The Bertz CT molecular complexity index is 1160. The third-order valence-electron chi connectivity index (χ3n) is 5.98. The summed E-state index contributed by atoms with van der Waals surface area (Å²) in [4.78, 5) is 24.4. The number of carbonyl (C=O) groups excluding carboxylic acids is 1. The molecule has 0 saturated carbocycles. The summed E-state index contributed by atoms with van der Waals surface area (Å²) in [6.07, 6.45) is -0.733. The Kier molecular flexibility index (Phi) is 3.79. The molecule has 3 aliphatic rings. The molecule has 3 aliphatic heterocycles. The first kappa shape index (κ1) is 18.1. The van der Waals surface area contributed by atoms with E-state index in [0.717, 1.165) is 5.56 Å². The number of benzene rings is 2. The minimum atomic E-state index is -1.56. The van der Waals surface area contributed by atoms with Gasteiger partial charge in [-0.15, -0.1) is 0 Å². The van der Waals surface area contributed by atoms with Crippen molar-refractivity contribution in [2.45, 2.75) is 17.7 Å². The number of hydrogen-bond acceptors (Lipinski definition) is 8. The summed E-state index contributed by atoms with van der Waals surface area (Å²) in [5.41, 5.74) is 12.0. The number of amides is 1. The maximum atomic E-state index is 13.5. The molecule has 5 rings (SSSR count). The van der Waals surface area contributed by atoms with Crippen molar-refractivity contribution >= 4 is 17.3 Å². The van der Waals surface area contributed by atoms with E-state index >= 15 is 0 Å². The number of nitro groups is 1. The van der Waals surface area contributed by atoms with E-state index in [2.05, 4.69) is 16.2 Å². The summed E-state index contributed by atoms with van der Waals surface area (Å²) in [5, 5.41) is 24.2. The molecule has 1 amide bonds. The summed E-state index contributed by atoms with van der Waals surface area (Å²) in [6.45, 7) is 0. The van der Waals surface area contributed by atoms with E-state index < -0.39 is 34.4 Å². The van der Waals surface area contributed by atoms with Gasteiger partial charge in [0.25, 0.3) is 5.69 Å². The summed E-state index contributed by atoms with van der Waals surface area (Å²) in [6, 6.07) is 15.1. The van der Waals surface area contributed by atoms with Crippen molar-refractivity contribution in [1.29, 1.82) is 5.26 Å². The topological polar surface area (TPSA) is 155 Å². The van der Waals surface area contributed by atoms with E-state index in [4.69, 9.17) is 10.5 Å². The number of nitro benzene ring substituents is 1. The number of rotatable bonds is 2. The molecule has 150 valence electrons. The molecule has 0 aromatic heterocycles. The molecule has 1 spiro atoms. The number of anilines is 1. The number of non-ortho nitro benzene ring substituents is 1. The number of carbonyl (C=O) groups is 1. The summed E-state index contributed by atoms with van der Waals surface area (Å²) in [7, 11) is 0. The van der Waals surface area contributed by atoms with Crippen LogP contribution in [0.25, 0.3) is 0 Å². The summed E-state index contributed by atoms with van der Waals surface area (Å²) in [5.74, 6) is -1.29. The molecule has 30 heavy (non-hydrogen) atoms. The Morgan fingerprint density at radius 2 is 1.97 bits per heavy atom. The van der Waals surface area contributed by atoms with Gasteiger partial charge in [-0.2, -0.15) is 5.26 Å². The molecule has 3 heterocycles. The Balaban J connectivity index is 1.80. The SMILES string of the molecule is N#CC1=C(N)OC2NNC(c3ccccc3)C2C12C(=O)Nc1ccc([N+](=O)[O-])cc12. The van der Waals surface area contributed by atoms with Gasteiger partial charge < -0.3 is 15.8 Å². The lowest BCUT2D eigenvalue weighted by atomic mass is 9.61. The second-order valence-electron chi connectivity index (χ2n) is 7.34. The predicted octanol–water partition coefficient (Wildman–Crippen LogP) is 1.30. The standard InChI is InChI=1S/C20H16N6O4/c21-9-13-17(22)30-18-15(16(24-25-18)10-4-2-1-3-5-10)20(13)12-8-11(26(28)29)6-7-14(12)23-19(20)27/h1-8,15-16,18,24-25H,22H2,(H,23,27). The van der Waals surface area contributed by atoms with E-state index in [-0.39, 0.29) is 17.1 Å². The summed E-state index contributed by atoms with van der Waals surface area (Å²) < 4.78 is 5.74. The maximum absolute atomic E-state index is 13.5. The van der Waals surface area contributed by atoms with Crippen molar-refractivity contribution < 1.29 is 14.5 Å². The van der Waals surface area contributed by atoms with Crippen molar-refractivity contribution in [3.05, 3.63) is 81.2 Å². The number of nitrogens with zero attached hydrogens (tertiary/aromatic N) is 2. The fraction of sp³-hybridized carbons (Fsp3) is 0.200. The van der Waals surface area contributed by atoms with Crippen LogP contribution < -0.4 is 21.9 Å². The highest BCUT2D eigenvalue weighted by Crippen LogP contribution is 2.57. The molecule has 10 nitrogen and oxygen atoms in total. The third-order valence-corrected chi connectivity index (χ3v) is 5.98. The lowest BCUT2D eigenvalue weighted by Gasteiger charge is -2.42. The maximum Gasteiger partial charge on any atom is 0.269 e. The second-order valence-corrected chi connectivity index (χ2v) is 7.34. The monoisotopic (exact) mass is 404 g/mol. The van der Waals surface area contributed by atoms with Gasteiger partial charge in [0.2, 0.25) is 11.8 Å². The van der Waals surface area contributed by atoms with Gasteiger partial charge in [-0.3, -0.25) is 14.9 Å². The summed E-state index contributed by atoms with van der Waals surface area (Å²) >= 11 is 0. The first-order chi connectivity index (χ1) is 14.5. The molecule has 1 saturated heterocycles. The zero-order chi connectivity index (χ0) is 21.0. The minimum Gasteiger partial charge on any atom is -0.458 e. The number of nitrogens with two attached hydrogens (primary N) is 1. The van der Waals surface area contributed by atoms with Crippen molar-refractivity contribution in [3.8, 4) is 6.07 Å². The van der Waals surface area contributed by atoms with Gasteiger partial charge in [-0.1, -0.05) is 30.3 Å². The lowest BCUT2D eigenvalue weighted by Crippen LogP contribution is -2.54. The van der Waals surface area contributed by atoms with Gasteiger partial charge in [0.05, 0.1) is 16.9 Å². The van der Waals surface area contributed by atoms with Crippen molar-refractivity contribution in [2.24, 2.45) is 11.7 Å². The molecule has 4 unspecified atom stereocenters. The first-order valence-electron chi connectivity index (χ1n) is 9.22. The van der Waals surface area contributed by atoms with Crippen LogP contribution in [0.3, 0.4) is 0 Å². The van der Waals surface area contributed by atoms with Crippen LogP contribution in [0.2, 0.25) is 0 Å². The zero-order valence-electron chi connectivity index (χ0n) is 15.5. The van der Waals surface area contributed by atoms with Crippen LogP contribution >= 0.6 is 0 Å². The van der Waals surface area contributed by atoms with E-state index in [0.29, 0.717) is 11.3 Å². The highest BCUT2D eigenvalue weighted by molar-refractivity contribution is 6.10. The van der Waals surface area contributed by atoms with Crippen LogP contribution in [0.5, 0.6) is 0 Å². The average Bonchev–Trinajstić information content (AvgIpc) is 3.28. The normalized spacial score (nSPS) is 29.0. The van der Waals surface area contributed by atoms with Gasteiger partial charge >= 0.3 is 0 Å². The number of nitriles is 1. The smallest absolute Gasteiger partial charge is 0.269 e. The quantitative estimate of drug-likeness (QED) is 0.431. The Morgan fingerprint density at radius 3 is 2.67 bits per heavy atom. The molecule has 0 aliphatic carbocycles. The fourth-order valence-corrected chi connectivity index (χ4v) is 4.76. The molecule has 4 atom stereocenters. The highest BCUT2D eigenvalue weighted by Gasteiger charge is 2.65. The van der Waals surface area contributed by atoms with E-state index in [1.165, 1.54) is 18.2 Å². The van der Waals surface area contributed by atoms with Crippen LogP contribution in [-0.2, 0) is 14.9 Å². The molecule has 0 bridgehead atoms. The van der Waals surface area contributed by atoms with Gasteiger partial charge in [0.1, 0.15) is 17.1 Å². The molecule has 2 aromatic carbocycles. The molecule has 1 fully saturated rings. The van der Waals surface area contributed by atoms with Gasteiger partial charge in [0, 0.05) is 23.4 Å². The Hall–Kier alpha value is -3.94. The molecular weight excluding hydrogens is 388 g/mol. The fourth-order valence-electron chi connectivity index (χ4n) is 4.76. The lowest BCUT2D eigenvalue weighted by molar-refractivity contribution is -0.384. The molecule has 5 N–H and O–H groups in total. The largest absolute Gasteiger partial charge is 0.458 e. The van der Waals surface area contributed by atoms with Crippen LogP contribution in [0, 0.1) is 27.4 Å². The van der Waals surface area contributed by atoms with Crippen LogP contribution in [0.15, 0.2) is 60.0 Å². The Labute approximate surface area is 170 Å². The van der Waals surface area contributed by atoms with Crippen molar-refractivity contribution in [2.75, 3.05) is 5.32 Å². The minimum absolute atomic E-state index is 0.0630. The van der Waals surface area contributed by atoms with Crippen molar-refractivity contribution in [1.82, 2.24) is 10.9 Å². The van der Waals surface area contributed by atoms with Crippen LogP contribution in [0.1, 0.15) is 17.2 Å². The van der Waals surface area contributed by atoms with Crippen molar-refractivity contribution in [3.63, 3.8) is 0 Å². The number of fused-ring (bicyclic) bond motifs is 4. The number of nitrogens with one attached hydrogen (secondary N) is 3. The number of hydrazine groups is 1. The predicted molar refractivity (Wildman–Crippen MR) is 104 cm³/mol. The van der Waals surface area contributed by atoms with Gasteiger partial charge in [-0.25, -0.2) is 10.9 Å². The average molecular weight is 404 g/mol. The van der Waals surface area contributed by atoms with Gasteiger partial charge in [0.15, 0.2) is 6.23 Å². The second kappa shape index (κ2) is 6.28. The molecule has 2 aromatic rings. The Morgan fingerprint density at radius 1 is 1.20 bits per heavy atom. The molecule has 10 heteroatoms. The third kappa shape index (κ3) is 2.21. The zero-order valence-corrected chi connectivity index (χ0v) is 15.5. The van der Waals surface area contributed by atoms with Crippen LogP contribution in [-0.4, -0.2) is 17.1 Å². The van der Waals surface area contributed by atoms with E-state index in [1.54, 1.807) is 0 Å². The molecule has 0 radical (unpaired) electrons. The van der Waals surface area contributed by atoms with E-state index in [1.807, 2.05) is 36.4 Å².